The van der Waals surface area contributed by atoms with Gasteiger partial charge in [0.1, 0.15) is 11.6 Å². The van der Waals surface area contributed by atoms with Gasteiger partial charge in [0.2, 0.25) is 5.88 Å². The minimum absolute atomic E-state index is 0.0408. The fourth-order valence-corrected chi connectivity index (χ4v) is 5.62. The van der Waals surface area contributed by atoms with Crippen LogP contribution in [0.1, 0.15) is 44.7 Å². The van der Waals surface area contributed by atoms with Crippen LogP contribution in [0.4, 0.5) is 18.9 Å². The van der Waals surface area contributed by atoms with Crippen molar-refractivity contribution in [3.63, 3.8) is 0 Å². The van der Waals surface area contributed by atoms with E-state index in [9.17, 15) is 18.4 Å². The number of benzene rings is 1. The van der Waals surface area contributed by atoms with Crippen molar-refractivity contribution < 1.29 is 17.9 Å². The summed E-state index contributed by atoms with van der Waals surface area (Å²) in [6, 6.07) is 6.25. The average Bonchev–Trinajstić information content (AvgIpc) is 3.36. The van der Waals surface area contributed by atoms with Crippen molar-refractivity contribution in [2.45, 2.75) is 57.5 Å². The van der Waals surface area contributed by atoms with Crippen molar-refractivity contribution in [3.8, 4) is 6.07 Å². The topological polar surface area (TPSA) is 86.3 Å². The smallest absolute Gasteiger partial charge is 0.416 e. The molecular formula is C22H28F3N5O. The zero-order valence-electron chi connectivity index (χ0n) is 17.9. The Hall–Kier alpha value is -2.44. The number of hydrazine groups is 1. The third-order valence-corrected chi connectivity index (χ3v) is 6.97. The molecule has 0 amide bonds. The first-order chi connectivity index (χ1) is 14.6. The SMILES string of the molecule is CC1NNC2OC(N)=C(C#N)C(c3cc(N4CCCC4)cc(C(F)(F)F)c3)(C(C)C)C12. The second-order valence-electron chi connectivity index (χ2n) is 8.98. The van der Waals surface area contributed by atoms with Crippen LogP contribution in [0, 0.1) is 23.2 Å². The van der Waals surface area contributed by atoms with E-state index in [1.165, 1.54) is 12.1 Å². The van der Waals surface area contributed by atoms with Gasteiger partial charge in [-0.1, -0.05) is 13.8 Å². The summed E-state index contributed by atoms with van der Waals surface area (Å²) in [5.41, 5.74) is 11.7. The number of alkyl halides is 3. The summed E-state index contributed by atoms with van der Waals surface area (Å²) in [5, 5.41) is 10.1. The van der Waals surface area contributed by atoms with Gasteiger partial charge in [-0.15, -0.1) is 0 Å². The highest BCUT2D eigenvalue weighted by atomic mass is 19.4. The van der Waals surface area contributed by atoms with E-state index >= 15 is 0 Å². The summed E-state index contributed by atoms with van der Waals surface area (Å²) in [4.78, 5) is 1.98. The van der Waals surface area contributed by atoms with Gasteiger partial charge in [-0.25, -0.2) is 5.43 Å². The molecule has 0 aliphatic carbocycles. The first-order valence-corrected chi connectivity index (χ1v) is 10.7. The predicted molar refractivity (Wildman–Crippen MR) is 110 cm³/mol. The van der Waals surface area contributed by atoms with E-state index in [0.29, 0.717) is 24.3 Å². The molecule has 3 aliphatic heterocycles. The highest BCUT2D eigenvalue weighted by Crippen LogP contribution is 2.54. The third kappa shape index (κ3) is 3.33. The Morgan fingerprint density at radius 1 is 1.23 bits per heavy atom. The number of hydrogen-bond donors (Lipinski definition) is 3. The van der Waals surface area contributed by atoms with Crippen LogP contribution in [0.2, 0.25) is 0 Å². The quantitative estimate of drug-likeness (QED) is 0.675. The molecule has 9 heteroatoms. The fourth-order valence-electron chi connectivity index (χ4n) is 5.62. The standard InChI is InChI=1S/C22H28F3N5O/c1-12(2)21(17(11-26)19(27)31-20-18(21)13(3)28-29-20)14-8-15(22(23,24)25)10-16(9-14)30-6-4-5-7-30/h8-10,12-13,18,20,28-29H,4-7,27H2,1-3H3. The van der Waals surface area contributed by atoms with Gasteiger partial charge in [0.15, 0.2) is 6.23 Å². The summed E-state index contributed by atoms with van der Waals surface area (Å²) >= 11 is 0. The normalized spacial score (nSPS) is 31.0. The van der Waals surface area contributed by atoms with Crippen molar-refractivity contribution in [2.75, 3.05) is 18.0 Å². The molecule has 0 aromatic heterocycles. The van der Waals surface area contributed by atoms with Crippen LogP contribution in [0.3, 0.4) is 0 Å². The summed E-state index contributed by atoms with van der Waals surface area (Å²) in [6.45, 7) is 7.21. The number of hydrogen-bond acceptors (Lipinski definition) is 6. The van der Waals surface area contributed by atoms with Gasteiger partial charge in [-0.05, 0) is 49.4 Å². The molecule has 4 atom stereocenters. The van der Waals surface area contributed by atoms with Crippen molar-refractivity contribution in [3.05, 3.63) is 40.8 Å². The molecule has 4 N–H and O–H groups in total. The lowest BCUT2D eigenvalue weighted by Crippen LogP contribution is -2.55. The number of ether oxygens (including phenoxy) is 1. The molecule has 31 heavy (non-hydrogen) atoms. The number of halogens is 3. The van der Waals surface area contributed by atoms with Gasteiger partial charge >= 0.3 is 6.18 Å². The number of nitrogens with two attached hydrogens (primary N) is 1. The Morgan fingerprint density at radius 2 is 1.90 bits per heavy atom. The van der Waals surface area contributed by atoms with Crippen LogP contribution >= 0.6 is 0 Å². The summed E-state index contributed by atoms with van der Waals surface area (Å²) in [7, 11) is 0. The maximum Gasteiger partial charge on any atom is 0.416 e. The monoisotopic (exact) mass is 435 g/mol. The minimum atomic E-state index is -4.51. The lowest BCUT2D eigenvalue weighted by Gasteiger charge is -2.49. The van der Waals surface area contributed by atoms with Crippen molar-refractivity contribution in [2.24, 2.45) is 17.6 Å². The fraction of sp³-hybridized carbons (Fsp3) is 0.591. The van der Waals surface area contributed by atoms with Gasteiger partial charge in [-0.2, -0.15) is 18.4 Å². The van der Waals surface area contributed by atoms with Crippen molar-refractivity contribution in [1.29, 1.82) is 5.26 Å². The number of nitrogens with zero attached hydrogens (tertiary/aromatic N) is 2. The molecule has 3 aliphatic rings. The Balaban J connectivity index is 2.02. The Kier molecular flexibility index (Phi) is 5.34. The second kappa shape index (κ2) is 7.61. The van der Waals surface area contributed by atoms with E-state index in [2.05, 4.69) is 16.9 Å². The summed E-state index contributed by atoms with van der Waals surface area (Å²) in [5.74, 6) is -0.582. The van der Waals surface area contributed by atoms with Gasteiger partial charge in [-0.3, -0.25) is 5.43 Å². The van der Waals surface area contributed by atoms with E-state index in [-0.39, 0.29) is 29.3 Å². The maximum absolute atomic E-state index is 14.0. The molecule has 0 bridgehead atoms. The molecule has 168 valence electrons. The number of allylic oxidation sites excluding steroid dienone is 1. The van der Waals surface area contributed by atoms with Crippen LogP contribution in [-0.2, 0) is 16.3 Å². The Morgan fingerprint density at radius 3 is 2.48 bits per heavy atom. The number of nitrogens with one attached hydrogen (secondary N) is 2. The van der Waals surface area contributed by atoms with E-state index < -0.39 is 23.4 Å². The van der Waals surface area contributed by atoms with E-state index in [1.54, 1.807) is 0 Å². The van der Waals surface area contributed by atoms with Crippen molar-refractivity contribution in [1.82, 2.24) is 10.9 Å². The molecule has 0 spiro atoms. The number of anilines is 1. The molecule has 2 fully saturated rings. The predicted octanol–water partition coefficient (Wildman–Crippen LogP) is 3.36. The minimum Gasteiger partial charge on any atom is -0.458 e. The Bertz CT molecular complexity index is 932. The third-order valence-electron chi connectivity index (χ3n) is 6.97. The number of nitriles is 1. The zero-order chi connectivity index (χ0) is 22.6. The first kappa shape index (κ1) is 21.8. The van der Waals surface area contributed by atoms with Gasteiger partial charge in [0.05, 0.1) is 5.56 Å². The lowest BCUT2D eigenvalue weighted by atomic mass is 9.56. The average molecular weight is 435 g/mol. The lowest BCUT2D eigenvalue weighted by molar-refractivity contribution is -0.137. The van der Waals surface area contributed by atoms with E-state index in [1.807, 2.05) is 31.7 Å². The van der Waals surface area contributed by atoms with Crippen LogP contribution in [0.5, 0.6) is 0 Å². The Labute approximate surface area is 180 Å². The maximum atomic E-state index is 14.0. The first-order valence-electron chi connectivity index (χ1n) is 10.7. The summed E-state index contributed by atoms with van der Waals surface area (Å²) < 4.78 is 47.6. The highest BCUT2D eigenvalue weighted by molar-refractivity contribution is 5.58. The molecule has 0 radical (unpaired) electrons. The summed E-state index contributed by atoms with van der Waals surface area (Å²) in [6.07, 6.45) is -3.17. The van der Waals surface area contributed by atoms with Crippen LogP contribution < -0.4 is 21.5 Å². The van der Waals surface area contributed by atoms with Crippen LogP contribution in [0.15, 0.2) is 29.7 Å². The van der Waals surface area contributed by atoms with E-state index in [0.717, 1.165) is 12.8 Å². The van der Waals surface area contributed by atoms with Gasteiger partial charge < -0.3 is 15.4 Å². The molecule has 1 aromatic rings. The molecule has 4 unspecified atom stereocenters. The van der Waals surface area contributed by atoms with Crippen LogP contribution in [0.25, 0.3) is 0 Å². The van der Waals surface area contributed by atoms with Gasteiger partial charge in [0.25, 0.3) is 0 Å². The largest absolute Gasteiger partial charge is 0.458 e. The molecule has 0 saturated carbocycles. The van der Waals surface area contributed by atoms with Gasteiger partial charge in [0, 0.05) is 36.2 Å². The molecule has 4 rings (SSSR count). The zero-order valence-corrected chi connectivity index (χ0v) is 17.9. The highest BCUT2D eigenvalue weighted by Gasteiger charge is 2.59. The van der Waals surface area contributed by atoms with Crippen molar-refractivity contribution >= 4 is 5.69 Å². The number of fused-ring (bicyclic) bond motifs is 1. The molecule has 1 aromatic carbocycles. The number of rotatable bonds is 3. The molecule has 3 heterocycles. The molecular weight excluding hydrogens is 407 g/mol. The van der Waals surface area contributed by atoms with E-state index in [4.69, 9.17) is 10.5 Å². The second-order valence-corrected chi connectivity index (χ2v) is 8.98. The molecule has 2 saturated heterocycles. The van der Waals surface area contributed by atoms with Crippen LogP contribution in [-0.4, -0.2) is 25.4 Å². The molecule has 6 nitrogen and oxygen atoms in total.